The molecule has 0 radical (unpaired) electrons. The number of rotatable bonds is 5. The second-order valence-corrected chi connectivity index (χ2v) is 3.29. The highest BCUT2D eigenvalue weighted by atomic mass is 14.9. The fourth-order valence-corrected chi connectivity index (χ4v) is 0.912. The van der Waals surface area contributed by atoms with Crippen LogP contribution in [-0.4, -0.2) is 19.6 Å². The third kappa shape index (κ3) is 6.05. The fraction of sp³-hybridized carbons (Fsp3) is 1.00. The van der Waals surface area contributed by atoms with Gasteiger partial charge in [-0.3, -0.25) is 0 Å². The molecule has 0 bridgehead atoms. The number of nitrogens with one attached hydrogen (secondary N) is 1. The Kier molecular flexibility index (Phi) is 5.64. The van der Waals surface area contributed by atoms with E-state index in [0.29, 0.717) is 6.04 Å². The van der Waals surface area contributed by atoms with Gasteiger partial charge in [-0.1, -0.05) is 13.8 Å². The zero-order valence-corrected chi connectivity index (χ0v) is 7.35. The maximum absolute atomic E-state index is 5.77. The minimum atomic E-state index is 0.340. The third-order valence-electron chi connectivity index (χ3n) is 1.58. The molecule has 10 heavy (non-hydrogen) atoms. The van der Waals surface area contributed by atoms with Gasteiger partial charge in [0.2, 0.25) is 0 Å². The highest BCUT2D eigenvalue weighted by Gasteiger charge is 2.01. The molecular weight excluding hydrogens is 124 g/mol. The molecule has 0 fully saturated rings. The molecule has 0 heterocycles. The molecule has 62 valence electrons. The Morgan fingerprint density at radius 3 is 2.30 bits per heavy atom. The minimum Gasteiger partial charge on any atom is -0.327 e. The van der Waals surface area contributed by atoms with Crippen LogP contribution in [0.15, 0.2) is 0 Å². The molecule has 0 aromatic carbocycles. The second kappa shape index (κ2) is 5.69. The van der Waals surface area contributed by atoms with Crippen molar-refractivity contribution in [3.63, 3.8) is 0 Å². The molecule has 0 saturated carbocycles. The summed E-state index contributed by atoms with van der Waals surface area (Å²) in [5.41, 5.74) is 5.77. The van der Waals surface area contributed by atoms with Gasteiger partial charge in [0.1, 0.15) is 0 Å². The fourth-order valence-electron chi connectivity index (χ4n) is 0.912. The summed E-state index contributed by atoms with van der Waals surface area (Å²) >= 11 is 0. The van der Waals surface area contributed by atoms with Crippen LogP contribution in [0.2, 0.25) is 0 Å². The van der Waals surface area contributed by atoms with Gasteiger partial charge < -0.3 is 11.1 Å². The Hall–Kier alpha value is -0.0800. The Morgan fingerprint density at radius 2 is 1.90 bits per heavy atom. The molecular formula is C8H20N2. The number of nitrogens with two attached hydrogens (primary N) is 1. The molecule has 0 rings (SSSR count). The summed E-state index contributed by atoms with van der Waals surface area (Å²) < 4.78 is 0. The van der Waals surface area contributed by atoms with E-state index >= 15 is 0 Å². The van der Waals surface area contributed by atoms with Gasteiger partial charge in [-0.25, -0.2) is 0 Å². The first-order valence-electron chi connectivity index (χ1n) is 4.07. The highest BCUT2D eigenvalue weighted by Crippen LogP contribution is 2.04. The van der Waals surface area contributed by atoms with Gasteiger partial charge in [0.25, 0.3) is 0 Å². The van der Waals surface area contributed by atoms with Crippen molar-refractivity contribution in [3.05, 3.63) is 0 Å². The average molecular weight is 144 g/mol. The summed E-state index contributed by atoms with van der Waals surface area (Å²) in [7, 11) is 1.94. The van der Waals surface area contributed by atoms with E-state index in [0.717, 1.165) is 18.9 Å². The first-order chi connectivity index (χ1) is 4.66. The van der Waals surface area contributed by atoms with E-state index in [1.807, 2.05) is 7.05 Å². The van der Waals surface area contributed by atoms with Gasteiger partial charge in [0, 0.05) is 12.6 Å². The van der Waals surface area contributed by atoms with E-state index in [-0.39, 0.29) is 0 Å². The van der Waals surface area contributed by atoms with E-state index in [1.165, 1.54) is 6.42 Å². The molecule has 0 aromatic rings. The predicted octanol–water partition coefficient (Wildman–Crippen LogP) is 0.969. The molecule has 1 unspecified atom stereocenters. The lowest BCUT2D eigenvalue weighted by atomic mass is 10.0. The van der Waals surface area contributed by atoms with E-state index < -0.39 is 0 Å². The standard InChI is InChI=1S/C8H20N2/c1-7(2)4-5-8(9)6-10-3/h7-8,10H,4-6,9H2,1-3H3. The molecule has 1 atom stereocenters. The maximum Gasteiger partial charge on any atom is 0.0165 e. The van der Waals surface area contributed by atoms with E-state index in [4.69, 9.17) is 5.73 Å². The van der Waals surface area contributed by atoms with Crippen LogP contribution in [0.3, 0.4) is 0 Å². The van der Waals surface area contributed by atoms with Crippen molar-refractivity contribution in [3.8, 4) is 0 Å². The zero-order chi connectivity index (χ0) is 7.98. The molecule has 0 saturated heterocycles. The predicted molar refractivity (Wildman–Crippen MR) is 46.0 cm³/mol. The Morgan fingerprint density at radius 1 is 1.30 bits per heavy atom. The number of likely N-dealkylation sites (N-methyl/N-ethyl adjacent to an activating group) is 1. The zero-order valence-electron chi connectivity index (χ0n) is 7.35. The van der Waals surface area contributed by atoms with Crippen LogP contribution in [0.4, 0.5) is 0 Å². The van der Waals surface area contributed by atoms with Crippen molar-refractivity contribution in [2.75, 3.05) is 13.6 Å². The third-order valence-corrected chi connectivity index (χ3v) is 1.58. The van der Waals surface area contributed by atoms with Crippen LogP contribution >= 0.6 is 0 Å². The molecule has 3 N–H and O–H groups in total. The molecule has 0 spiro atoms. The lowest BCUT2D eigenvalue weighted by Crippen LogP contribution is -2.31. The van der Waals surface area contributed by atoms with Gasteiger partial charge in [0.15, 0.2) is 0 Å². The van der Waals surface area contributed by atoms with Gasteiger partial charge in [-0.05, 0) is 25.8 Å². The summed E-state index contributed by atoms with van der Waals surface area (Å²) in [6.07, 6.45) is 2.38. The Labute approximate surface area is 64.2 Å². The molecule has 2 heteroatoms. The van der Waals surface area contributed by atoms with Crippen LogP contribution < -0.4 is 11.1 Å². The molecule has 0 amide bonds. The van der Waals surface area contributed by atoms with Crippen molar-refractivity contribution in [2.24, 2.45) is 11.7 Å². The number of hydrogen-bond donors (Lipinski definition) is 2. The van der Waals surface area contributed by atoms with Crippen LogP contribution in [0, 0.1) is 5.92 Å². The van der Waals surface area contributed by atoms with Crippen molar-refractivity contribution in [2.45, 2.75) is 32.7 Å². The topological polar surface area (TPSA) is 38.0 Å². The van der Waals surface area contributed by atoms with Crippen LogP contribution in [0.25, 0.3) is 0 Å². The van der Waals surface area contributed by atoms with Gasteiger partial charge in [-0.2, -0.15) is 0 Å². The van der Waals surface area contributed by atoms with Gasteiger partial charge in [-0.15, -0.1) is 0 Å². The first kappa shape index (κ1) is 9.92. The smallest absolute Gasteiger partial charge is 0.0165 e. The highest BCUT2D eigenvalue weighted by molar-refractivity contribution is 4.63. The second-order valence-electron chi connectivity index (χ2n) is 3.29. The SMILES string of the molecule is CNCC(N)CCC(C)C. The van der Waals surface area contributed by atoms with Crippen molar-refractivity contribution in [1.29, 1.82) is 0 Å². The van der Waals surface area contributed by atoms with Crippen LogP contribution in [0.1, 0.15) is 26.7 Å². The molecule has 0 aliphatic heterocycles. The lowest BCUT2D eigenvalue weighted by molar-refractivity contribution is 0.485. The largest absolute Gasteiger partial charge is 0.327 e. The summed E-state index contributed by atoms with van der Waals surface area (Å²) in [6.45, 7) is 5.39. The van der Waals surface area contributed by atoms with Gasteiger partial charge in [0.05, 0.1) is 0 Å². The van der Waals surface area contributed by atoms with Crippen LogP contribution in [-0.2, 0) is 0 Å². The van der Waals surface area contributed by atoms with Crippen molar-refractivity contribution in [1.82, 2.24) is 5.32 Å². The molecule has 0 aromatic heterocycles. The maximum atomic E-state index is 5.77. The van der Waals surface area contributed by atoms with Crippen molar-refractivity contribution >= 4 is 0 Å². The van der Waals surface area contributed by atoms with Gasteiger partial charge >= 0.3 is 0 Å². The molecule has 0 aliphatic rings. The Bertz CT molecular complexity index is 71.7. The Balaban J connectivity index is 3.12. The quantitative estimate of drug-likeness (QED) is 0.603. The van der Waals surface area contributed by atoms with E-state index in [9.17, 15) is 0 Å². The summed E-state index contributed by atoms with van der Waals surface area (Å²) in [5.74, 6) is 0.780. The summed E-state index contributed by atoms with van der Waals surface area (Å²) in [6, 6.07) is 0.340. The van der Waals surface area contributed by atoms with Crippen molar-refractivity contribution < 1.29 is 0 Å². The monoisotopic (exact) mass is 144 g/mol. The van der Waals surface area contributed by atoms with Crippen LogP contribution in [0.5, 0.6) is 0 Å². The minimum absolute atomic E-state index is 0.340. The first-order valence-corrected chi connectivity index (χ1v) is 4.07. The normalized spacial score (nSPS) is 14.1. The summed E-state index contributed by atoms with van der Waals surface area (Å²) in [4.78, 5) is 0. The molecule has 2 nitrogen and oxygen atoms in total. The lowest BCUT2D eigenvalue weighted by Gasteiger charge is -2.11. The summed E-state index contributed by atoms with van der Waals surface area (Å²) in [5, 5.41) is 3.07. The molecule has 0 aliphatic carbocycles. The number of hydrogen-bond acceptors (Lipinski definition) is 2. The average Bonchev–Trinajstić information content (AvgIpc) is 1.85. The van der Waals surface area contributed by atoms with E-state index in [1.54, 1.807) is 0 Å². The van der Waals surface area contributed by atoms with E-state index in [2.05, 4.69) is 19.2 Å².